The van der Waals surface area contributed by atoms with Gasteiger partial charge in [0.15, 0.2) is 0 Å². The van der Waals surface area contributed by atoms with E-state index < -0.39 is 0 Å². The molecule has 0 bridgehead atoms. The van der Waals surface area contributed by atoms with Crippen molar-refractivity contribution in [1.29, 1.82) is 0 Å². The fourth-order valence-electron chi connectivity index (χ4n) is 3.07. The minimum absolute atomic E-state index is 0. The lowest BCUT2D eigenvalue weighted by molar-refractivity contribution is 0.0662. The van der Waals surface area contributed by atoms with E-state index in [0.29, 0.717) is 27.6 Å². The summed E-state index contributed by atoms with van der Waals surface area (Å²) >= 11 is 12.0. The number of likely N-dealkylation sites (tertiary alicyclic amines) is 1. The van der Waals surface area contributed by atoms with E-state index in [-0.39, 0.29) is 18.3 Å². The molecule has 1 amide bonds. The van der Waals surface area contributed by atoms with Gasteiger partial charge in [-0.2, -0.15) is 0 Å². The number of rotatable bonds is 1. The highest BCUT2D eigenvalue weighted by atomic mass is 35.5. The summed E-state index contributed by atoms with van der Waals surface area (Å²) in [6.07, 6.45) is 2.18. The van der Waals surface area contributed by atoms with E-state index >= 15 is 0 Å². The van der Waals surface area contributed by atoms with Crippen molar-refractivity contribution in [2.45, 2.75) is 18.9 Å². The van der Waals surface area contributed by atoms with Crippen LogP contribution < -0.4 is 5.32 Å². The van der Waals surface area contributed by atoms with Crippen LogP contribution in [0.5, 0.6) is 0 Å². The van der Waals surface area contributed by atoms with Gasteiger partial charge in [-0.1, -0.05) is 23.2 Å². The molecule has 3 nitrogen and oxygen atoms in total. The van der Waals surface area contributed by atoms with Crippen LogP contribution in [-0.4, -0.2) is 36.5 Å². The number of carbonyl (C=O) groups excluding carboxylic acids is 1. The summed E-state index contributed by atoms with van der Waals surface area (Å²) in [5, 5.41) is 4.49. The van der Waals surface area contributed by atoms with E-state index in [1.165, 1.54) is 0 Å². The number of hydrogen-bond acceptors (Lipinski definition) is 2. The molecule has 20 heavy (non-hydrogen) atoms. The molecule has 2 aliphatic heterocycles. The smallest absolute Gasteiger partial charge is 0.255 e. The van der Waals surface area contributed by atoms with Gasteiger partial charge in [0, 0.05) is 24.2 Å². The number of piperidine rings is 1. The molecule has 3 rings (SSSR count). The van der Waals surface area contributed by atoms with Gasteiger partial charge in [0.25, 0.3) is 5.91 Å². The van der Waals surface area contributed by atoms with Gasteiger partial charge in [0.05, 0.1) is 10.6 Å². The average Bonchev–Trinajstić information content (AvgIpc) is 2.85. The predicted molar refractivity (Wildman–Crippen MR) is 84.1 cm³/mol. The number of nitrogens with one attached hydrogen (secondary N) is 1. The van der Waals surface area contributed by atoms with Crippen LogP contribution in [0.3, 0.4) is 0 Å². The van der Waals surface area contributed by atoms with Crippen LogP contribution in [0.15, 0.2) is 18.2 Å². The Bertz CT molecular complexity index is 509. The Balaban J connectivity index is 0.00000147. The minimum Gasteiger partial charge on any atom is -0.338 e. The molecule has 0 saturated carbocycles. The minimum atomic E-state index is 0. The number of benzene rings is 1. The molecule has 0 radical (unpaired) electrons. The summed E-state index contributed by atoms with van der Waals surface area (Å²) < 4.78 is 0. The summed E-state index contributed by atoms with van der Waals surface area (Å²) in [4.78, 5) is 14.4. The maximum absolute atomic E-state index is 12.5. The first kappa shape index (κ1) is 15.9. The monoisotopic (exact) mass is 334 g/mol. The van der Waals surface area contributed by atoms with Crippen LogP contribution in [0.25, 0.3) is 0 Å². The van der Waals surface area contributed by atoms with Crippen LogP contribution in [-0.2, 0) is 0 Å². The van der Waals surface area contributed by atoms with Gasteiger partial charge in [0.1, 0.15) is 0 Å². The Morgan fingerprint density at radius 2 is 2.10 bits per heavy atom. The SMILES string of the molecule is Cl.O=C(c1ccc(Cl)cc1Cl)N1CCC2NCCC2C1. The molecule has 0 spiro atoms. The highest BCUT2D eigenvalue weighted by molar-refractivity contribution is 6.36. The first-order valence-corrected chi connectivity index (χ1v) is 7.38. The molecule has 1 aromatic carbocycles. The standard InChI is InChI=1S/C14H16Cl2N2O.ClH/c15-10-1-2-11(12(16)7-10)14(19)18-6-4-13-9(8-18)3-5-17-13;/h1-2,7,9,13,17H,3-6,8H2;1H. The summed E-state index contributed by atoms with van der Waals surface area (Å²) in [6, 6.07) is 5.64. The van der Waals surface area contributed by atoms with Gasteiger partial charge in [-0.05, 0) is 43.5 Å². The topological polar surface area (TPSA) is 32.3 Å². The number of carbonyl (C=O) groups is 1. The highest BCUT2D eigenvalue weighted by Gasteiger charge is 2.34. The van der Waals surface area contributed by atoms with Gasteiger partial charge >= 0.3 is 0 Å². The van der Waals surface area contributed by atoms with E-state index in [9.17, 15) is 4.79 Å². The van der Waals surface area contributed by atoms with Crippen molar-refractivity contribution in [3.63, 3.8) is 0 Å². The third-order valence-corrected chi connectivity index (χ3v) is 4.65. The summed E-state index contributed by atoms with van der Waals surface area (Å²) in [6.45, 7) is 2.69. The number of halogens is 3. The largest absolute Gasteiger partial charge is 0.338 e. The van der Waals surface area contributed by atoms with Gasteiger partial charge in [-0.15, -0.1) is 12.4 Å². The summed E-state index contributed by atoms with van der Waals surface area (Å²) in [7, 11) is 0. The lowest BCUT2D eigenvalue weighted by Crippen LogP contribution is -2.46. The number of nitrogens with zero attached hydrogens (tertiary/aromatic N) is 1. The molecule has 2 aliphatic rings. The Kier molecular flexibility index (Phi) is 5.19. The van der Waals surface area contributed by atoms with E-state index in [0.717, 1.165) is 32.5 Å². The van der Waals surface area contributed by atoms with Crippen LogP contribution in [0.1, 0.15) is 23.2 Å². The van der Waals surface area contributed by atoms with Gasteiger partial charge < -0.3 is 10.2 Å². The number of hydrogen-bond donors (Lipinski definition) is 1. The average molecular weight is 336 g/mol. The molecule has 2 atom stereocenters. The molecule has 110 valence electrons. The molecule has 6 heteroatoms. The van der Waals surface area contributed by atoms with Crippen molar-refractivity contribution in [2.24, 2.45) is 5.92 Å². The molecule has 0 aliphatic carbocycles. The quantitative estimate of drug-likeness (QED) is 0.854. The van der Waals surface area contributed by atoms with Crippen LogP contribution in [0.2, 0.25) is 10.0 Å². The Morgan fingerprint density at radius 3 is 2.85 bits per heavy atom. The fraction of sp³-hybridized carbons (Fsp3) is 0.500. The second-order valence-electron chi connectivity index (χ2n) is 5.27. The van der Waals surface area contributed by atoms with E-state index in [2.05, 4.69) is 5.32 Å². The van der Waals surface area contributed by atoms with E-state index in [1.807, 2.05) is 4.90 Å². The normalized spacial score (nSPS) is 25.0. The zero-order valence-electron chi connectivity index (χ0n) is 10.9. The molecule has 2 unspecified atom stereocenters. The van der Waals surface area contributed by atoms with E-state index in [4.69, 9.17) is 23.2 Å². The van der Waals surface area contributed by atoms with Crippen LogP contribution in [0, 0.1) is 5.92 Å². The van der Waals surface area contributed by atoms with Crippen molar-refractivity contribution in [2.75, 3.05) is 19.6 Å². The highest BCUT2D eigenvalue weighted by Crippen LogP contribution is 2.28. The van der Waals surface area contributed by atoms with Gasteiger partial charge in [-0.25, -0.2) is 0 Å². The lowest BCUT2D eigenvalue weighted by atomic mass is 9.93. The Hall–Kier alpha value is -0.480. The fourth-order valence-corrected chi connectivity index (χ4v) is 3.55. The van der Waals surface area contributed by atoms with Crippen molar-refractivity contribution >= 4 is 41.5 Å². The van der Waals surface area contributed by atoms with Crippen LogP contribution in [0.4, 0.5) is 0 Å². The maximum atomic E-state index is 12.5. The van der Waals surface area contributed by atoms with Crippen molar-refractivity contribution in [3.8, 4) is 0 Å². The molecular weight excluding hydrogens is 319 g/mol. The second-order valence-corrected chi connectivity index (χ2v) is 6.12. The molecule has 0 aromatic heterocycles. The first-order valence-electron chi connectivity index (χ1n) is 6.63. The second kappa shape index (κ2) is 6.52. The number of fused-ring (bicyclic) bond motifs is 1. The zero-order valence-corrected chi connectivity index (χ0v) is 13.3. The van der Waals surface area contributed by atoms with Crippen molar-refractivity contribution in [1.82, 2.24) is 10.2 Å². The molecule has 1 N–H and O–H groups in total. The van der Waals surface area contributed by atoms with Gasteiger partial charge in [-0.3, -0.25) is 4.79 Å². The molecule has 2 heterocycles. The van der Waals surface area contributed by atoms with Crippen molar-refractivity contribution < 1.29 is 4.79 Å². The number of amides is 1. The predicted octanol–water partition coefficient (Wildman–Crippen LogP) is 3.24. The summed E-state index contributed by atoms with van der Waals surface area (Å²) in [5.74, 6) is 0.607. The maximum Gasteiger partial charge on any atom is 0.255 e. The lowest BCUT2D eigenvalue weighted by Gasteiger charge is -2.35. The van der Waals surface area contributed by atoms with Crippen LogP contribution >= 0.6 is 35.6 Å². The van der Waals surface area contributed by atoms with E-state index in [1.54, 1.807) is 18.2 Å². The third kappa shape index (κ3) is 3.06. The molecular formula is C14H17Cl3N2O. The van der Waals surface area contributed by atoms with Crippen molar-refractivity contribution in [3.05, 3.63) is 33.8 Å². The third-order valence-electron chi connectivity index (χ3n) is 4.10. The molecule has 2 fully saturated rings. The molecule has 2 saturated heterocycles. The Morgan fingerprint density at radius 1 is 1.30 bits per heavy atom. The molecule has 1 aromatic rings. The first-order chi connectivity index (χ1) is 9.15. The summed E-state index contributed by atoms with van der Waals surface area (Å²) in [5.41, 5.74) is 0.551. The zero-order chi connectivity index (χ0) is 13.4. The van der Waals surface area contributed by atoms with Gasteiger partial charge in [0.2, 0.25) is 0 Å². The Labute approximate surface area is 135 Å².